The number of nitrogens with one attached hydrogen (secondary N) is 1. The van der Waals surface area contributed by atoms with Gasteiger partial charge in [-0.3, -0.25) is 0 Å². The fourth-order valence-corrected chi connectivity index (χ4v) is 4.50. The van der Waals surface area contributed by atoms with Crippen LogP contribution in [0.3, 0.4) is 0 Å². The highest BCUT2D eigenvalue weighted by molar-refractivity contribution is 8.14. The quantitative estimate of drug-likeness (QED) is 0.474. The molecule has 0 fully saturated rings. The Bertz CT molecular complexity index is 723. The molecular formula is C16H20ClFN2S3. The molecule has 7 heteroatoms. The second kappa shape index (κ2) is 7.55. The van der Waals surface area contributed by atoms with Crippen molar-refractivity contribution in [3.63, 3.8) is 0 Å². The summed E-state index contributed by atoms with van der Waals surface area (Å²) in [7, 11) is 0.0178. The average Bonchev–Trinajstić information content (AvgIpc) is 2.87. The molecule has 0 saturated carbocycles. The normalized spacial score (nSPS) is 13.1. The molecule has 23 heavy (non-hydrogen) atoms. The molecule has 1 unspecified atom stereocenters. The Kier molecular flexibility index (Phi) is 6.16. The molecule has 126 valence electrons. The van der Waals surface area contributed by atoms with E-state index >= 15 is 0 Å². The van der Waals surface area contributed by atoms with Crippen LogP contribution in [0.2, 0.25) is 5.02 Å². The smallest absolute Gasteiger partial charge is 0.193 e. The Morgan fingerprint density at radius 1 is 1.43 bits per heavy atom. The van der Waals surface area contributed by atoms with Gasteiger partial charge in [0, 0.05) is 25.8 Å². The first-order valence-corrected chi connectivity index (χ1v) is 10.6. The summed E-state index contributed by atoms with van der Waals surface area (Å²) < 4.78 is 16.8. The number of anilines is 1. The molecule has 2 nitrogen and oxygen atoms in total. The summed E-state index contributed by atoms with van der Waals surface area (Å²) in [5.74, 6) is 4.78. The fraction of sp³-hybridized carbons (Fsp3) is 0.375. The zero-order valence-electron chi connectivity index (χ0n) is 13.6. The van der Waals surface area contributed by atoms with Crippen LogP contribution in [0.15, 0.2) is 22.4 Å². The van der Waals surface area contributed by atoms with E-state index in [-0.39, 0.29) is 21.0 Å². The van der Waals surface area contributed by atoms with Gasteiger partial charge >= 0.3 is 0 Å². The monoisotopic (exact) mass is 390 g/mol. The van der Waals surface area contributed by atoms with Crippen LogP contribution in [0.5, 0.6) is 0 Å². The number of benzene rings is 1. The Balaban J connectivity index is 2.02. The molecule has 1 heterocycles. The molecule has 0 aliphatic rings. The van der Waals surface area contributed by atoms with Crippen molar-refractivity contribution in [2.24, 2.45) is 0 Å². The third-order valence-corrected chi connectivity index (χ3v) is 7.89. The molecule has 0 spiro atoms. The molecule has 2 aromatic rings. The predicted molar refractivity (Wildman–Crippen MR) is 106 cm³/mol. The Labute approximate surface area is 152 Å². The van der Waals surface area contributed by atoms with Crippen molar-refractivity contribution in [1.29, 1.82) is 0 Å². The number of thiazole rings is 1. The maximum atomic E-state index is 13.4. The average molecular weight is 391 g/mol. The summed E-state index contributed by atoms with van der Waals surface area (Å²) in [4.78, 5) is 5.34. The van der Waals surface area contributed by atoms with E-state index in [0.717, 1.165) is 27.0 Å². The lowest BCUT2D eigenvalue weighted by Gasteiger charge is -2.22. The Morgan fingerprint density at radius 2 is 2.13 bits per heavy atom. The Hall–Kier alpha value is -0.560. The van der Waals surface area contributed by atoms with Gasteiger partial charge in [-0.2, -0.15) is 10.5 Å². The van der Waals surface area contributed by atoms with Gasteiger partial charge in [0.15, 0.2) is 5.13 Å². The van der Waals surface area contributed by atoms with Crippen molar-refractivity contribution in [3.05, 3.63) is 39.6 Å². The molecule has 0 amide bonds. The lowest BCUT2D eigenvalue weighted by atomic mass is 10.2. The van der Waals surface area contributed by atoms with Gasteiger partial charge in [0.1, 0.15) is 5.82 Å². The van der Waals surface area contributed by atoms with Gasteiger partial charge in [0.25, 0.3) is 0 Å². The van der Waals surface area contributed by atoms with Crippen LogP contribution in [-0.4, -0.2) is 15.6 Å². The van der Waals surface area contributed by atoms with Crippen LogP contribution in [0.4, 0.5) is 9.52 Å². The minimum atomic E-state index is -0.337. The summed E-state index contributed by atoms with van der Waals surface area (Å²) in [6, 6.07) is 2.80. The lowest BCUT2D eigenvalue weighted by Crippen LogP contribution is -2.11. The van der Waals surface area contributed by atoms with Gasteiger partial charge in [-0.05, 0) is 36.6 Å². The molecule has 1 aromatic heterocycles. The standard InChI is InChI=1S/C16H20ClFN2S3/c1-10-13(17)6-11(18)7-14(10)22-20-15-19-12(8-21-15)9-23(5)16(2,3)4/h6-8H,5,9H2,1-4H3,(H,19,20). The highest BCUT2D eigenvalue weighted by atomic mass is 35.5. The number of nitrogens with zero attached hydrogens (tertiary/aromatic N) is 1. The molecule has 1 aromatic carbocycles. The minimum Gasteiger partial charge on any atom is -0.302 e. The van der Waals surface area contributed by atoms with Crippen LogP contribution >= 0.6 is 45.4 Å². The van der Waals surface area contributed by atoms with E-state index in [1.54, 1.807) is 11.3 Å². The lowest BCUT2D eigenvalue weighted by molar-refractivity contribution is 0.623. The topological polar surface area (TPSA) is 24.9 Å². The first-order valence-electron chi connectivity index (χ1n) is 7.00. The summed E-state index contributed by atoms with van der Waals surface area (Å²) >= 11 is 8.87. The number of hydrogen-bond acceptors (Lipinski definition) is 4. The van der Waals surface area contributed by atoms with Crippen molar-refractivity contribution < 1.29 is 4.39 Å². The van der Waals surface area contributed by atoms with Crippen LogP contribution in [0.25, 0.3) is 0 Å². The zero-order chi connectivity index (χ0) is 17.2. The predicted octanol–water partition coefficient (Wildman–Crippen LogP) is 6.36. The van der Waals surface area contributed by atoms with Crippen molar-refractivity contribution in [3.8, 4) is 0 Å². The van der Waals surface area contributed by atoms with Gasteiger partial charge < -0.3 is 4.72 Å². The molecule has 0 aliphatic carbocycles. The van der Waals surface area contributed by atoms with E-state index in [1.165, 1.54) is 24.1 Å². The van der Waals surface area contributed by atoms with Gasteiger partial charge in [-0.25, -0.2) is 9.37 Å². The van der Waals surface area contributed by atoms with E-state index in [4.69, 9.17) is 11.6 Å². The van der Waals surface area contributed by atoms with Crippen molar-refractivity contribution in [2.45, 2.75) is 43.1 Å². The maximum Gasteiger partial charge on any atom is 0.193 e. The highest BCUT2D eigenvalue weighted by Crippen LogP contribution is 2.35. The van der Waals surface area contributed by atoms with E-state index in [2.05, 4.69) is 36.3 Å². The van der Waals surface area contributed by atoms with Crippen molar-refractivity contribution >= 4 is 56.4 Å². The summed E-state index contributed by atoms with van der Waals surface area (Å²) in [5, 5.41) is 3.28. The second-order valence-corrected chi connectivity index (χ2v) is 10.7. The molecule has 0 bridgehead atoms. The minimum absolute atomic E-state index is 0.0178. The number of hydrogen-bond donors (Lipinski definition) is 1. The maximum absolute atomic E-state index is 13.4. The molecule has 1 N–H and O–H groups in total. The number of aromatic nitrogens is 1. The molecule has 0 aliphatic heterocycles. The van der Waals surface area contributed by atoms with Gasteiger partial charge in [-0.15, -0.1) is 11.3 Å². The molecular weight excluding hydrogens is 371 g/mol. The third-order valence-electron chi connectivity index (χ3n) is 3.25. The molecule has 0 saturated heterocycles. The van der Waals surface area contributed by atoms with E-state index in [1.807, 2.05) is 12.3 Å². The molecule has 1 atom stereocenters. The number of halogens is 2. The van der Waals surface area contributed by atoms with Gasteiger partial charge in [-0.1, -0.05) is 38.2 Å². The van der Waals surface area contributed by atoms with E-state index in [9.17, 15) is 4.39 Å². The van der Waals surface area contributed by atoms with E-state index < -0.39 is 0 Å². The SMILES string of the molecule is C=S(Cc1csc(NSc2cc(F)cc(Cl)c2C)n1)C(C)(C)C. The summed E-state index contributed by atoms with van der Waals surface area (Å²) in [6.07, 6.45) is 0. The van der Waals surface area contributed by atoms with Crippen LogP contribution in [-0.2, 0) is 5.75 Å². The van der Waals surface area contributed by atoms with Gasteiger partial charge in [0.2, 0.25) is 0 Å². The molecule has 0 radical (unpaired) electrons. The Morgan fingerprint density at radius 3 is 2.78 bits per heavy atom. The zero-order valence-corrected chi connectivity index (χ0v) is 16.8. The van der Waals surface area contributed by atoms with Crippen LogP contribution in [0.1, 0.15) is 32.0 Å². The van der Waals surface area contributed by atoms with Crippen LogP contribution in [0, 0.1) is 12.7 Å². The van der Waals surface area contributed by atoms with E-state index in [0.29, 0.717) is 5.02 Å². The first-order chi connectivity index (χ1) is 10.7. The summed E-state index contributed by atoms with van der Waals surface area (Å²) in [6.45, 7) is 8.46. The largest absolute Gasteiger partial charge is 0.302 e. The molecule has 2 rings (SSSR count). The highest BCUT2D eigenvalue weighted by Gasteiger charge is 2.15. The van der Waals surface area contributed by atoms with Crippen molar-refractivity contribution in [1.82, 2.24) is 4.98 Å². The van der Waals surface area contributed by atoms with Crippen molar-refractivity contribution in [2.75, 3.05) is 4.72 Å². The second-order valence-electron chi connectivity index (χ2n) is 6.11. The van der Waals surface area contributed by atoms with Crippen LogP contribution < -0.4 is 4.72 Å². The fourth-order valence-electron chi connectivity index (χ4n) is 1.64. The third kappa shape index (κ3) is 5.21. The number of rotatable bonds is 5. The summed E-state index contributed by atoms with van der Waals surface area (Å²) in [5.41, 5.74) is 1.90. The van der Waals surface area contributed by atoms with Gasteiger partial charge in [0.05, 0.1) is 5.69 Å². The first kappa shape index (κ1) is 18.8.